The molecule has 0 spiro atoms. The fraction of sp³-hybridized carbons (Fsp3) is 0.130. The first kappa shape index (κ1) is 17.2. The normalized spacial score (nSPS) is 11.0. The topological polar surface area (TPSA) is 14.2 Å². The molecule has 0 saturated heterocycles. The number of aromatic nitrogens is 1. The van der Waals surface area contributed by atoms with E-state index >= 15 is 0 Å². The van der Waals surface area contributed by atoms with Gasteiger partial charge in [0.1, 0.15) is 12.4 Å². The van der Waals surface area contributed by atoms with E-state index in [4.69, 9.17) is 4.74 Å². The van der Waals surface area contributed by atoms with Crippen molar-refractivity contribution >= 4 is 33.5 Å². The summed E-state index contributed by atoms with van der Waals surface area (Å²) in [6.07, 6.45) is 2.24. The van der Waals surface area contributed by atoms with Gasteiger partial charge in [0.15, 0.2) is 0 Å². The molecule has 1 heterocycles. The Morgan fingerprint density at radius 3 is 2.23 bits per heavy atom. The predicted octanol–water partition coefficient (Wildman–Crippen LogP) is 6.18. The first-order valence-electron chi connectivity index (χ1n) is 8.70. The van der Waals surface area contributed by atoms with Gasteiger partial charge in [-0.15, -0.1) is 0 Å². The van der Waals surface area contributed by atoms with Crippen LogP contribution in [0.2, 0.25) is 0 Å². The second-order valence-corrected chi connectivity index (χ2v) is 7.66. The van der Waals surface area contributed by atoms with Crippen LogP contribution in [-0.4, -0.2) is 4.57 Å². The molecule has 0 fully saturated rings. The molecule has 0 aliphatic carbocycles. The Balaban J connectivity index is 1.67. The molecule has 3 heteroatoms. The molecule has 26 heavy (non-hydrogen) atoms. The molecule has 0 unspecified atom stereocenters. The Morgan fingerprint density at radius 1 is 0.885 bits per heavy atom. The number of aryl methyl sites for hydroxylation is 1. The van der Waals surface area contributed by atoms with Crippen LogP contribution in [0.25, 0.3) is 10.9 Å². The van der Waals surface area contributed by atoms with Gasteiger partial charge in [-0.3, -0.25) is 0 Å². The minimum atomic E-state index is 0.584. The second kappa shape index (κ2) is 7.54. The van der Waals surface area contributed by atoms with Gasteiger partial charge in [-0.1, -0.05) is 60.7 Å². The van der Waals surface area contributed by atoms with Crippen molar-refractivity contribution in [3.8, 4) is 5.75 Å². The molecular formula is C23H20INO. The Labute approximate surface area is 167 Å². The Kier molecular flexibility index (Phi) is 4.98. The van der Waals surface area contributed by atoms with Crippen molar-refractivity contribution in [2.24, 2.45) is 0 Å². The van der Waals surface area contributed by atoms with E-state index in [-0.39, 0.29) is 0 Å². The molecule has 0 aliphatic heterocycles. The Hall–Kier alpha value is -2.27. The van der Waals surface area contributed by atoms with Crippen molar-refractivity contribution in [3.63, 3.8) is 0 Å². The summed E-state index contributed by atoms with van der Waals surface area (Å²) in [6, 6.07) is 25.2. The number of benzene rings is 3. The Morgan fingerprint density at radius 2 is 1.54 bits per heavy atom. The van der Waals surface area contributed by atoms with Crippen LogP contribution in [0.4, 0.5) is 0 Å². The van der Waals surface area contributed by atoms with E-state index in [1.807, 2.05) is 18.2 Å². The average Bonchev–Trinajstić information content (AvgIpc) is 2.97. The number of hydrogen-bond acceptors (Lipinski definition) is 1. The van der Waals surface area contributed by atoms with Crippen LogP contribution in [0.3, 0.4) is 0 Å². The number of rotatable bonds is 5. The maximum absolute atomic E-state index is 6.08. The quantitative estimate of drug-likeness (QED) is 0.329. The minimum absolute atomic E-state index is 0.584. The second-order valence-electron chi connectivity index (χ2n) is 6.50. The van der Waals surface area contributed by atoms with Crippen LogP contribution >= 0.6 is 22.6 Å². The van der Waals surface area contributed by atoms with E-state index < -0.39 is 0 Å². The van der Waals surface area contributed by atoms with Crippen LogP contribution in [-0.2, 0) is 13.2 Å². The Bertz CT molecular complexity index is 1020. The van der Waals surface area contributed by atoms with Crippen LogP contribution < -0.4 is 4.74 Å². The van der Waals surface area contributed by atoms with Gasteiger partial charge in [0.2, 0.25) is 0 Å². The summed E-state index contributed by atoms with van der Waals surface area (Å²) in [7, 11) is 0. The lowest BCUT2D eigenvalue weighted by molar-refractivity contribution is 0.306. The molecule has 1 aromatic heterocycles. The summed E-state index contributed by atoms with van der Waals surface area (Å²) in [5.74, 6) is 0.915. The SMILES string of the molecule is Cc1cn(Cc2ccccc2)c2cc(OCc3ccccc3)cc(I)c12. The molecule has 130 valence electrons. The number of nitrogens with zero attached hydrogens (tertiary/aromatic N) is 1. The zero-order valence-electron chi connectivity index (χ0n) is 14.7. The molecular weight excluding hydrogens is 433 g/mol. The van der Waals surface area contributed by atoms with Crippen molar-refractivity contribution < 1.29 is 4.74 Å². The van der Waals surface area contributed by atoms with E-state index in [2.05, 4.69) is 94.9 Å². The van der Waals surface area contributed by atoms with Crippen molar-refractivity contribution in [1.82, 2.24) is 4.57 Å². The molecule has 0 bridgehead atoms. The highest BCUT2D eigenvalue weighted by Crippen LogP contribution is 2.31. The lowest BCUT2D eigenvalue weighted by Crippen LogP contribution is -1.99. The molecule has 0 saturated carbocycles. The van der Waals surface area contributed by atoms with Crippen LogP contribution in [0.5, 0.6) is 5.75 Å². The molecule has 4 rings (SSSR count). The summed E-state index contributed by atoms with van der Waals surface area (Å²) in [6.45, 7) is 3.63. The fourth-order valence-corrected chi connectivity index (χ4v) is 4.30. The summed E-state index contributed by atoms with van der Waals surface area (Å²) < 4.78 is 9.62. The number of hydrogen-bond donors (Lipinski definition) is 0. The van der Waals surface area contributed by atoms with Gasteiger partial charge >= 0.3 is 0 Å². The molecule has 0 N–H and O–H groups in total. The van der Waals surface area contributed by atoms with Gasteiger partial charge in [0.05, 0.1) is 5.52 Å². The number of ether oxygens (including phenoxy) is 1. The van der Waals surface area contributed by atoms with Crippen LogP contribution in [0, 0.1) is 10.5 Å². The van der Waals surface area contributed by atoms with Crippen LogP contribution in [0.15, 0.2) is 79.0 Å². The molecule has 2 nitrogen and oxygen atoms in total. The van der Waals surface area contributed by atoms with Gasteiger partial charge in [-0.25, -0.2) is 0 Å². The first-order valence-corrected chi connectivity index (χ1v) is 9.78. The molecule has 0 radical (unpaired) electrons. The summed E-state index contributed by atoms with van der Waals surface area (Å²) >= 11 is 2.41. The van der Waals surface area contributed by atoms with Crippen molar-refractivity contribution in [2.45, 2.75) is 20.1 Å². The zero-order valence-corrected chi connectivity index (χ0v) is 16.8. The standard InChI is InChI=1S/C23H20INO/c1-17-14-25(15-18-8-4-2-5-9-18)22-13-20(12-21(24)23(17)22)26-16-19-10-6-3-7-11-19/h2-14H,15-16H2,1H3. The van der Waals surface area contributed by atoms with Gasteiger partial charge in [0.25, 0.3) is 0 Å². The van der Waals surface area contributed by atoms with Crippen molar-refractivity contribution in [2.75, 3.05) is 0 Å². The van der Waals surface area contributed by atoms with Gasteiger partial charge < -0.3 is 9.30 Å². The number of halogens is 1. The highest BCUT2D eigenvalue weighted by molar-refractivity contribution is 14.1. The lowest BCUT2D eigenvalue weighted by atomic mass is 10.2. The van der Waals surface area contributed by atoms with E-state index in [0.717, 1.165) is 12.3 Å². The minimum Gasteiger partial charge on any atom is -0.489 e. The lowest BCUT2D eigenvalue weighted by Gasteiger charge is -2.10. The summed E-state index contributed by atoms with van der Waals surface area (Å²) in [5.41, 5.74) is 5.00. The molecule has 0 atom stereocenters. The van der Waals surface area contributed by atoms with E-state index in [1.165, 1.54) is 31.2 Å². The van der Waals surface area contributed by atoms with E-state index in [9.17, 15) is 0 Å². The van der Waals surface area contributed by atoms with E-state index in [0.29, 0.717) is 6.61 Å². The zero-order chi connectivity index (χ0) is 17.9. The third-order valence-electron chi connectivity index (χ3n) is 4.54. The first-order chi connectivity index (χ1) is 12.7. The van der Waals surface area contributed by atoms with Gasteiger partial charge in [-0.2, -0.15) is 0 Å². The largest absolute Gasteiger partial charge is 0.489 e. The maximum Gasteiger partial charge on any atom is 0.122 e. The average molecular weight is 453 g/mol. The third kappa shape index (κ3) is 3.63. The fourth-order valence-electron chi connectivity index (χ4n) is 3.29. The summed E-state index contributed by atoms with van der Waals surface area (Å²) in [5, 5.41) is 1.31. The highest BCUT2D eigenvalue weighted by Gasteiger charge is 2.12. The maximum atomic E-state index is 6.08. The van der Waals surface area contributed by atoms with Crippen molar-refractivity contribution in [1.29, 1.82) is 0 Å². The third-order valence-corrected chi connectivity index (χ3v) is 5.39. The monoisotopic (exact) mass is 453 g/mol. The van der Waals surface area contributed by atoms with Gasteiger partial charge in [-0.05, 0) is 52.3 Å². The number of fused-ring (bicyclic) bond motifs is 1. The molecule has 4 aromatic rings. The predicted molar refractivity (Wildman–Crippen MR) is 116 cm³/mol. The molecule has 0 aliphatic rings. The van der Waals surface area contributed by atoms with Gasteiger partial charge in [0, 0.05) is 27.8 Å². The van der Waals surface area contributed by atoms with Crippen LogP contribution in [0.1, 0.15) is 16.7 Å². The highest BCUT2D eigenvalue weighted by atomic mass is 127. The van der Waals surface area contributed by atoms with E-state index in [1.54, 1.807) is 0 Å². The smallest absolute Gasteiger partial charge is 0.122 e. The summed E-state index contributed by atoms with van der Waals surface area (Å²) in [4.78, 5) is 0. The van der Waals surface area contributed by atoms with Crippen molar-refractivity contribution in [3.05, 3.63) is 99.3 Å². The molecule has 3 aromatic carbocycles. The molecule has 0 amide bonds.